The molecule has 0 radical (unpaired) electrons. The number of anilines is 1. The highest BCUT2D eigenvalue weighted by molar-refractivity contribution is 9.10. The molecule has 0 fully saturated rings. The summed E-state index contributed by atoms with van der Waals surface area (Å²) in [5.41, 5.74) is 5.10. The van der Waals surface area contributed by atoms with Gasteiger partial charge in [-0.15, -0.1) is 0 Å². The fraction of sp³-hybridized carbons (Fsp3) is 0.130. The Bertz CT molecular complexity index is 1140. The Hall–Kier alpha value is -3.92. The highest BCUT2D eigenvalue weighted by Crippen LogP contribution is 2.33. The van der Waals surface area contributed by atoms with Crippen LogP contribution in [0, 0.1) is 10.1 Å². The number of hydrogen-bond acceptors (Lipinski definition) is 7. The quantitative estimate of drug-likeness (QED) is 0.234. The Kier molecular flexibility index (Phi) is 8.36. The lowest BCUT2D eigenvalue weighted by molar-refractivity contribution is -0.384. The number of benzene rings is 3. The van der Waals surface area contributed by atoms with E-state index in [1.54, 1.807) is 30.5 Å². The standard InChI is InChI=1S/C23H21BrN4O5/c1-32-21-11-17(14-26-27-18-7-9-19(10-8-18)28(30)31)20(24)12-22(21)33-15-23(29)25-13-16-5-3-2-4-6-16/h2-12,14,27H,13,15H2,1H3,(H,25,29). The summed E-state index contributed by atoms with van der Waals surface area (Å²) in [5.74, 6) is 0.584. The molecule has 0 aliphatic heterocycles. The molecule has 10 heteroatoms. The predicted octanol–water partition coefficient (Wildman–Crippen LogP) is 4.51. The van der Waals surface area contributed by atoms with E-state index in [-0.39, 0.29) is 18.2 Å². The molecule has 170 valence electrons. The smallest absolute Gasteiger partial charge is 0.269 e. The maximum atomic E-state index is 12.1. The molecule has 3 aromatic rings. The van der Waals surface area contributed by atoms with Crippen molar-refractivity contribution in [3.8, 4) is 11.5 Å². The number of ether oxygens (including phenoxy) is 2. The fourth-order valence-electron chi connectivity index (χ4n) is 2.75. The zero-order valence-electron chi connectivity index (χ0n) is 17.7. The predicted molar refractivity (Wildman–Crippen MR) is 129 cm³/mol. The molecule has 2 N–H and O–H groups in total. The zero-order valence-corrected chi connectivity index (χ0v) is 19.2. The number of halogens is 1. The van der Waals surface area contributed by atoms with Crippen molar-refractivity contribution in [3.05, 3.63) is 92.4 Å². The van der Waals surface area contributed by atoms with Crippen LogP contribution in [-0.2, 0) is 11.3 Å². The molecule has 0 heterocycles. The third-order valence-electron chi connectivity index (χ3n) is 4.45. The maximum absolute atomic E-state index is 12.1. The average molecular weight is 513 g/mol. The van der Waals surface area contributed by atoms with Crippen molar-refractivity contribution in [2.45, 2.75) is 6.54 Å². The molecule has 0 saturated heterocycles. The minimum absolute atomic E-state index is 0.00125. The number of nitrogens with one attached hydrogen (secondary N) is 2. The number of non-ortho nitro benzene ring substituents is 1. The van der Waals surface area contributed by atoms with Crippen molar-refractivity contribution in [2.24, 2.45) is 5.10 Å². The number of nitro groups is 1. The average Bonchev–Trinajstić information content (AvgIpc) is 2.83. The van der Waals surface area contributed by atoms with E-state index in [4.69, 9.17) is 9.47 Å². The first-order valence-electron chi connectivity index (χ1n) is 9.80. The van der Waals surface area contributed by atoms with Crippen LogP contribution < -0.4 is 20.2 Å². The number of carbonyl (C=O) groups excluding carboxylic acids is 1. The van der Waals surface area contributed by atoms with Crippen LogP contribution in [0.25, 0.3) is 0 Å². The van der Waals surface area contributed by atoms with Crippen LogP contribution in [0.1, 0.15) is 11.1 Å². The van der Waals surface area contributed by atoms with Crippen LogP contribution in [0.4, 0.5) is 11.4 Å². The minimum atomic E-state index is -0.465. The van der Waals surface area contributed by atoms with E-state index in [2.05, 4.69) is 31.8 Å². The van der Waals surface area contributed by atoms with Crippen molar-refractivity contribution in [1.82, 2.24) is 5.32 Å². The Morgan fingerprint density at radius 1 is 1.12 bits per heavy atom. The Balaban J connectivity index is 1.58. The second-order valence-corrected chi connectivity index (χ2v) is 7.60. The normalized spacial score (nSPS) is 10.6. The second-order valence-electron chi connectivity index (χ2n) is 6.75. The Labute approximate surface area is 198 Å². The monoisotopic (exact) mass is 512 g/mol. The van der Waals surface area contributed by atoms with Gasteiger partial charge in [-0.2, -0.15) is 5.10 Å². The SMILES string of the molecule is COc1cc(C=NNc2ccc([N+](=O)[O-])cc2)c(Br)cc1OCC(=O)NCc1ccccc1. The summed E-state index contributed by atoms with van der Waals surface area (Å²) in [6.07, 6.45) is 1.56. The van der Waals surface area contributed by atoms with Crippen molar-refractivity contribution in [2.75, 3.05) is 19.1 Å². The lowest BCUT2D eigenvalue weighted by Crippen LogP contribution is -2.28. The first-order chi connectivity index (χ1) is 16.0. The van der Waals surface area contributed by atoms with E-state index in [0.717, 1.165) is 5.56 Å². The van der Waals surface area contributed by atoms with Gasteiger partial charge in [0.1, 0.15) is 0 Å². The third kappa shape index (κ3) is 7.04. The molecule has 0 spiro atoms. The van der Waals surface area contributed by atoms with Gasteiger partial charge in [0.25, 0.3) is 11.6 Å². The fourth-order valence-corrected chi connectivity index (χ4v) is 3.17. The van der Waals surface area contributed by atoms with Gasteiger partial charge in [-0.1, -0.05) is 30.3 Å². The molecule has 0 atom stereocenters. The molecule has 3 aromatic carbocycles. The lowest BCUT2D eigenvalue weighted by Gasteiger charge is -2.13. The van der Waals surface area contributed by atoms with Gasteiger partial charge >= 0.3 is 0 Å². The molecule has 3 rings (SSSR count). The lowest BCUT2D eigenvalue weighted by atomic mass is 10.2. The van der Waals surface area contributed by atoms with E-state index in [0.29, 0.717) is 33.8 Å². The third-order valence-corrected chi connectivity index (χ3v) is 5.14. The molecule has 0 bridgehead atoms. The molecule has 0 unspecified atom stereocenters. The van der Waals surface area contributed by atoms with Gasteiger partial charge in [0.15, 0.2) is 18.1 Å². The molecule has 1 amide bonds. The van der Waals surface area contributed by atoms with Crippen LogP contribution in [0.5, 0.6) is 11.5 Å². The summed E-state index contributed by atoms with van der Waals surface area (Å²) < 4.78 is 11.7. The summed E-state index contributed by atoms with van der Waals surface area (Å²) in [7, 11) is 1.50. The summed E-state index contributed by atoms with van der Waals surface area (Å²) in [4.78, 5) is 22.4. The van der Waals surface area contributed by atoms with Crippen molar-refractivity contribution in [3.63, 3.8) is 0 Å². The number of amides is 1. The van der Waals surface area contributed by atoms with Crippen LogP contribution in [0.3, 0.4) is 0 Å². The van der Waals surface area contributed by atoms with E-state index in [9.17, 15) is 14.9 Å². The largest absolute Gasteiger partial charge is 0.493 e. The Morgan fingerprint density at radius 3 is 2.52 bits per heavy atom. The number of nitro benzene ring substituents is 1. The van der Waals surface area contributed by atoms with Crippen molar-refractivity contribution < 1.29 is 19.2 Å². The van der Waals surface area contributed by atoms with E-state index in [1.165, 1.54) is 19.2 Å². The van der Waals surface area contributed by atoms with E-state index < -0.39 is 4.92 Å². The van der Waals surface area contributed by atoms with Gasteiger partial charge in [-0.3, -0.25) is 20.3 Å². The van der Waals surface area contributed by atoms with Gasteiger partial charge in [0.05, 0.1) is 23.9 Å². The van der Waals surface area contributed by atoms with Gasteiger partial charge in [-0.05, 0) is 45.8 Å². The first-order valence-corrected chi connectivity index (χ1v) is 10.6. The van der Waals surface area contributed by atoms with Gasteiger partial charge in [0, 0.05) is 28.7 Å². The van der Waals surface area contributed by atoms with Crippen LogP contribution in [0.15, 0.2) is 76.3 Å². The highest BCUT2D eigenvalue weighted by Gasteiger charge is 2.12. The number of rotatable bonds is 10. The van der Waals surface area contributed by atoms with E-state index >= 15 is 0 Å². The zero-order chi connectivity index (χ0) is 23.6. The Morgan fingerprint density at radius 2 is 1.85 bits per heavy atom. The summed E-state index contributed by atoms with van der Waals surface area (Å²) >= 11 is 3.46. The van der Waals surface area contributed by atoms with E-state index in [1.807, 2.05) is 30.3 Å². The number of hydrogen-bond donors (Lipinski definition) is 2. The number of hydrazone groups is 1. The highest BCUT2D eigenvalue weighted by atomic mass is 79.9. The molecule has 0 aliphatic rings. The molecule has 0 saturated carbocycles. The van der Waals surface area contributed by atoms with Gasteiger partial charge < -0.3 is 14.8 Å². The minimum Gasteiger partial charge on any atom is -0.493 e. The second kappa shape index (κ2) is 11.6. The van der Waals surface area contributed by atoms with Gasteiger partial charge in [0.2, 0.25) is 0 Å². The molecular weight excluding hydrogens is 492 g/mol. The topological polar surface area (TPSA) is 115 Å². The van der Waals surface area contributed by atoms with Gasteiger partial charge in [-0.25, -0.2) is 0 Å². The summed E-state index contributed by atoms with van der Waals surface area (Å²) in [5, 5.41) is 17.7. The molecular formula is C23H21BrN4O5. The summed E-state index contributed by atoms with van der Waals surface area (Å²) in [6, 6.07) is 18.9. The molecule has 0 aromatic heterocycles. The van der Waals surface area contributed by atoms with Crippen LogP contribution in [0.2, 0.25) is 0 Å². The number of methoxy groups -OCH3 is 1. The van der Waals surface area contributed by atoms with Crippen molar-refractivity contribution in [1.29, 1.82) is 0 Å². The number of nitrogens with zero attached hydrogens (tertiary/aromatic N) is 2. The van der Waals surface area contributed by atoms with Crippen LogP contribution >= 0.6 is 15.9 Å². The summed E-state index contributed by atoms with van der Waals surface area (Å²) in [6.45, 7) is 0.256. The van der Waals surface area contributed by atoms with Crippen LogP contribution in [-0.4, -0.2) is 30.8 Å². The van der Waals surface area contributed by atoms with Crippen molar-refractivity contribution >= 4 is 39.4 Å². The number of carbonyl (C=O) groups is 1. The maximum Gasteiger partial charge on any atom is 0.269 e. The first kappa shape index (κ1) is 23.7. The molecule has 0 aliphatic carbocycles. The molecule has 33 heavy (non-hydrogen) atoms. The molecule has 9 nitrogen and oxygen atoms in total.